The van der Waals surface area contributed by atoms with E-state index in [9.17, 15) is 4.79 Å². The smallest absolute Gasteiger partial charge is 0.220 e. The molecule has 2 bridgehead atoms. The van der Waals surface area contributed by atoms with Gasteiger partial charge in [-0.15, -0.1) is 0 Å². The molecule has 0 aromatic rings. The first-order valence-electron chi connectivity index (χ1n) is 7.72. The summed E-state index contributed by atoms with van der Waals surface area (Å²) in [6, 6.07) is 0. The summed E-state index contributed by atoms with van der Waals surface area (Å²) in [5.41, 5.74) is 0. The third kappa shape index (κ3) is 3.47. The molecule has 0 heterocycles. The molecule has 3 unspecified atom stereocenters. The molecule has 1 N–H and O–H groups in total. The molecule has 2 saturated carbocycles. The monoisotopic (exact) mass is 252 g/mol. The van der Waals surface area contributed by atoms with Crippen LogP contribution in [-0.4, -0.2) is 37.0 Å². The fourth-order valence-corrected chi connectivity index (χ4v) is 3.83. The largest absolute Gasteiger partial charge is 0.355 e. The number of nitrogens with zero attached hydrogens (tertiary/aromatic N) is 1. The number of amides is 1. The first kappa shape index (κ1) is 13.9. The van der Waals surface area contributed by atoms with Gasteiger partial charge in [-0.1, -0.05) is 20.3 Å². The minimum absolute atomic E-state index is 0.278. The van der Waals surface area contributed by atoms with Crippen molar-refractivity contribution in [2.45, 2.75) is 46.0 Å². The highest BCUT2D eigenvalue weighted by molar-refractivity contribution is 5.76. The molecule has 2 fully saturated rings. The molecule has 2 aliphatic carbocycles. The van der Waals surface area contributed by atoms with Crippen LogP contribution in [0.25, 0.3) is 0 Å². The quantitative estimate of drug-likeness (QED) is 0.754. The highest BCUT2D eigenvalue weighted by atomic mass is 16.1. The van der Waals surface area contributed by atoms with E-state index in [-0.39, 0.29) is 5.91 Å². The van der Waals surface area contributed by atoms with Crippen molar-refractivity contribution in [3.8, 4) is 0 Å². The van der Waals surface area contributed by atoms with Gasteiger partial charge in [0.1, 0.15) is 0 Å². The van der Waals surface area contributed by atoms with E-state index in [4.69, 9.17) is 0 Å². The van der Waals surface area contributed by atoms with E-state index >= 15 is 0 Å². The van der Waals surface area contributed by atoms with E-state index in [1.165, 1.54) is 25.7 Å². The minimum atomic E-state index is 0.278. The van der Waals surface area contributed by atoms with Gasteiger partial charge in [-0.05, 0) is 50.1 Å². The lowest BCUT2D eigenvalue weighted by atomic mass is 9.86. The Morgan fingerprint density at radius 3 is 2.56 bits per heavy atom. The molecule has 0 aromatic heterocycles. The Morgan fingerprint density at radius 1 is 1.22 bits per heavy atom. The maximum Gasteiger partial charge on any atom is 0.220 e. The number of carbonyl (C=O) groups is 1. The predicted octanol–water partition coefficient (Wildman–Crippen LogP) is 2.27. The average molecular weight is 252 g/mol. The van der Waals surface area contributed by atoms with Gasteiger partial charge in [0.25, 0.3) is 0 Å². The Balaban J connectivity index is 1.61. The fourth-order valence-electron chi connectivity index (χ4n) is 3.83. The zero-order valence-electron chi connectivity index (χ0n) is 12.0. The summed E-state index contributed by atoms with van der Waals surface area (Å²) in [5, 5.41) is 3.09. The molecule has 0 radical (unpaired) electrons. The molecule has 3 atom stereocenters. The summed E-state index contributed by atoms with van der Waals surface area (Å²) in [5.74, 6) is 2.78. The summed E-state index contributed by atoms with van der Waals surface area (Å²) < 4.78 is 0. The first-order valence-corrected chi connectivity index (χ1v) is 7.72. The molecule has 0 aromatic carbocycles. The van der Waals surface area contributed by atoms with Gasteiger partial charge in [-0.25, -0.2) is 0 Å². The van der Waals surface area contributed by atoms with Crippen molar-refractivity contribution < 1.29 is 4.79 Å². The van der Waals surface area contributed by atoms with Crippen molar-refractivity contribution in [1.29, 1.82) is 0 Å². The number of hydrogen-bond acceptors (Lipinski definition) is 2. The minimum Gasteiger partial charge on any atom is -0.355 e. The molecular formula is C15H28N2O. The number of carbonyl (C=O) groups excluding carboxylic acids is 1. The summed E-state index contributed by atoms with van der Waals surface area (Å²) in [4.78, 5) is 14.2. The molecule has 0 aliphatic heterocycles. The van der Waals surface area contributed by atoms with Crippen molar-refractivity contribution in [2.75, 3.05) is 26.2 Å². The standard InChI is InChI=1S/C15H28N2O/c1-3-17(4-2)8-7-16-15(18)11-14-10-12-5-6-13(14)9-12/h12-14H,3-11H2,1-2H3,(H,16,18). The average Bonchev–Trinajstić information content (AvgIpc) is 2.97. The maximum absolute atomic E-state index is 11.9. The van der Waals surface area contributed by atoms with Crippen LogP contribution in [0.4, 0.5) is 0 Å². The van der Waals surface area contributed by atoms with Gasteiger partial charge >= 0.3 is 0 Å². The summed E-state index contributed by atoms with van der Waals surface area (Å²) in [6.45, 7) is 8.26. The Hall–Kier alpha value is -0.570. The number of likely N-dealkylation sites (N-methyl/N-ethyl adjacent to an activating group) is 1. The second-order valence-corrected chi connectivity index (χ2v) is 6.02. The number of nitrogens with one attached hydrogen (secondary N) is 1. The molecule has 0 spiro atoms. The Morgan fingerprint density at radius 2 is 2.00 bits per heavy atom. The molecule has 3 heteroatoms. The van der Waals surface area contributed by atoms with Gasteiger partial charge in [0.05, 0.1) is 0 Å². The molecule has 2 rings (SSSR count). The lowest BCUT2D eigenvalue weighted by Crippen LogP contribution is -2.35. The lowest BCUT2D eigenvalue weighted by molar-refractivity contribution is -0.122. The maximum atomic E-state index is 11.9. The lowest BCUT2D eigenvalue weighted by Gasteiger charge is -2.22. The van der Waals surface area contributed by atoms with Gasteiger partial charge in [0, 0.05) is 19.5 Å². The van der Waals surface area contributed by atoms with Crippen LogP contribution in [0.2, 0.25) is 0 Å². The van der Waals surface area contributed by atoms with Gasteiger partial charge in [0.15, 0.2) is 0 Å². The van der Waals surface area contributed by atoms with Crippen LogP contribution in [0.15, 0.2) is 0 Å². The van der Waals surface area contributed by atoms with Crippen LogP contribution in [-0.2, 0) is 4.79 Å². The van der Waals surface area contributed by atoms with E-state index in [1.54, 1.807) is 0 Å². The number of hydrogen-bond donors (Lipinski definition) is 1. The number of fused-ring (bicyclic) bond motifs is 2. The van der Waals surface area contributed by atoms with Crippen LogP contribution in [0.5, 0.6) is 0 Å². The Labute approximate surface area is 111 Å². The highest BCUT2D eigenvalue weighted by Crippen LogP contribution is 2.49. The molecule has 18 heavy (non-hydrogen) atoms. The molecule has 0 saturated heterocycles. The topological polar surface area (TPSA) is 32.3 Å². The molecular weight excluding hydrogens is 224 g/mol. The predicted molar refractivity (Wildman–Crippen MR) is 74.4 cm³/mol. The van der Waals surface area contributed by atoms with E-state index < -0.39 is 0 Å². The highest BCUT2D eigenvalue weighted by Gasteiger charge is 2.39. The van der Waals surface area contributed by atoms with Crippen molar-refractivity contribution in [3.05, 3.63) is 0 Å². The second-order valence-electron chi connectivity index (χ2n) is 6.02. The zero-order valence-corrected chi connectivity index (χ0v) is 12.0. The third-order valence-electron chi connectivity index (χ3n) is 4.98. The van der Waals surface area contributed by atoms with Crippen molar-refractivity contribution in [1.82, 2.24) is 10.2 Å². The van der Waals surface area contributed by atoms with E-state index in [2.05, 4.69) is 24.1 Å². The summed E-state index contributed by atoms with van der Waals surface area (Å²) >= 11 is 0. The Bertz CT molecular complexity index is 276. The summed E-state index contributed by atoms with van der Waals surface area (Å²) in [7, 11) is 0. The number of rotatable bonds is 7. The van der Waals surface area contributed by atoms with Crippen molar-refractivity contribution in [2.24, 2.45) is 17.8 Å². The van der Waals surface area contributed by atoms with Gasteiger partial charge in [-0.3, -0.25) is 4.79 Å². The first-order chi connectivity index (χ1) is 8.72. The van der Waals surface area contributed by atoms with Crippen LogP contribution in [0, 0.1) is 17.8 Å². The van der Waals surface area contributed by atoms with Crippen LogP contribution in [0.3, 0.4) is 0 Å². The van der Waals surface area contributed by atoms with E-state index in [0.717, 1.165) is 44.4 Å². The van der Waals surface area contributed by atoms with Crippen LogP contribution >= 0.6 is 0 Å². The zero-order chi connectivity index (χ0) is 13.0. The van der Waals surface area contributed by atoms with Crippen LogP contribution in [0.1, 0.15) is 46.0 Å². The van der Waals surface area contributed by atoms with Crippen molar-refractivity contribution in [3.63, 3.8) is 0 Å². The Kier molecular flexibility index (Phi) is 5.04. The van der Waals surface area contributed by atoms with Crippen molar-refractivity contribution >= 4 is 5.91 Å². The SMILES string of the molecule is CCN(CC)CCNC(=O)CC1CC2CCC1C2. The third-order valence-corrected chi connectivity index (χ3v) is 4.98. The molecule has 1 amide bonds. The normalized spacial score (nSPS) is 30.1. The molecule has 3 nitrogen and oxygen atoms in total. The second kappa shape index (κ2) is 6.55. The van der Waals surface area contributed by atoms with Gasteiger partial charge in [0.2, 0.25) is 5.91 Å². The molecule has 2 aliphatic rings. The van der Waals surface area contributed by atoms with Gasteiger partial charge in [-0.2, -0.15) is 0 Å². The van der Waals surface area contributed by atoms with Crippen LogP contribution < -0.4 is 5.32 Å². The van der Waals surface area contributed by atoms with E-state index in [1.807, 2.05) is 0 Å². The fraction of sp³-hybridized carbons (Fsp3) is 0.933. The van der Waals surface area contributed by atoms with E-state index in [0.29, 0.717) is 5.92 Å². The van der Waals surface area contributed by atoms with Gasteiger partial charge < -0.3 is 10.2 Å². The molecule has 104 valence electrons. The summed E-state index contributed by atoms with van der Waals surface area (Å²) in [6.07, 6.45) is 6.29.